The number of alkyl halides is 3. The van der Waals surface area contributed by atoms with Crippen molar-refractivity contribution in [3.05, 3.63) is 30.1 Å². The molecular weight excluding hydrogens is 469 g/mol. The molecule has 3 saturated heterocycles. The highest BCUT2D eigenvalue weighted by atomic mass is 19.4. The molecule has 0 aliphatic carbocycles. The van der Waals surface area contributed by atoms with Crippen molar-refractivity contribution in [3.8, 4) is 0 Å². The van der Waals surface area contributed by atoms with Crippen LogP contribution in [0.3, 0.4) is 0 Å². The third-order valence-electron chi connectivity index (χ3n) is 6.98. The van der Waals surface area contributed by atoms with E-state index in [9.17, 15) is 27.6 Å². The van der Waals surface area contributed by atoms with E-state index in [1.807, 2.05) is 14.7 Å². The van der Waals surface area contributed by atoms with E-state index >= 15 is 0 Å². The zero-order valence-electron chi connectivity index (χ0n) is 19.5. The molecule has 3 aliphatic heterocycles. The Kier molecular flexibility index (Phi) is 8.01. The van der Waals surface area contributed by atoms with Gasteiger partial charge in [0.25, 0.3) is 5.91 Å². The Morgan fingerprint density at radius 1 is 1.03 bits per heavy atom. The van der Waals surface area contributed by atoms with Crippen molar-refractivity contribution in [2.45, 2.75) is 51.2 Å². The topological polar surface area (TPSA) is 111 Å². The maximum atomic E-state index is 13.5. The maximum absolute atomic E-state index is 13.5. The average molecular weight is 499 g/mol. The lowest BCUT2D eigenvalue weighted by Crippen LogP contribution is -2.51. The van der Waals surface area contributed by atoms with Crippen LogP contribution in [0.15, 0.2) is 24.5 Å². The molecule has 3 fully saturated rings. The molecule has 0 aromatic carbocycles. The second-order valence-corrected chi connectivity index (χ2v) is 9.01. The van der Waals surface area contributed by atoms with Gasteiger partial charge < -0.3 is 19.8 Å². The molecule has 192 valence electrons. The molecule has 0 radical (unpaired) electrons. The number of pyridine rings is 1. The number of rotatable bonds is 2. The normalized spacial score (nSPS) is 24.2. The van der Waals surface area contributed by atoms with E-state index in [4.69, 9.17) is 9.90 Å². The van der Waals surface area contributed by atoms with Crippen LogP contribution in [0.25, 0.3) is 0 Å². The fourth-order valence-corrected chi connectivity index (χ4v) is 5.23. The Morgan fingerprint density at radius 3 is 2.20 bits per heavy atom. The van der Waals surface area contributed by atoms with E-state index < -0.39 is 17.6 Å². The van der Waals surface area contributed by atoms with Crippen molar-refractivity contribution in [2.24, 2.45) is 5.41 Å². The smallest absolute Gasteiger partial charge is 0.475 e. The summed E-state index contributed by atoms with van der Waals surface area (Å²) >= 11 is 0. The number of nitrogens with zero attached hydrogens (tertiary/aromatic N) is 4. The number of carbonyl (C=O) groups excluding carboxylic acids is 3. The fourth-order valence-electron chi connectivity index (χ4n) is 5.23. The number of hydrogen-bond donors (Lipinski definition) is 1. The highest BCUT2D eigenvalue weighted by Crippen LogP contribution is 2.45. The molecule has 1 aromatic heterocycles. The number of carboxylic acid groups (broad SMARTS) is 1. The summed E-state index contributed by atoms with van der Waals surface area (Å²) in [4.78, 5) is 57.3. The molecule has 0 bridgehead atoms. The molecule has 4 heterocycles. The van der Waals surface area contributed by atoms with Crippen molar-refractivity contribution in [3.63, 3.8) is 0 Å². The summed E-state index contributed by atoms with van der Waals surface area (Å²) in [6.45, 7) is 4.93. The molecule has 3 amide bonds. The van der Waals surface area contributed by atoms with Crippen LogP contribution in [-0.4, -0.2) is 93.4 Å². The Bertz CT molecular complexity index is 952. The highest BCUT2D eigenvalue weighted by Gasteiger charge is 2.55. The third kappa shape index (κ3) is 5.73. The number of fused-ring (bicyclic) bond motifs is 1. The van der Waals surface area contributed by atoms with Crippen molar-refractivity contribution < 1.29 is 37.5 Å². The molecular formula is C23H29F3N4O5. The number of halogens is 3. The molecule has 0 spiro atoms. The van der Waals surface area contributed by atoms with Crippen LogP contribution in [-0.2, 0) is 14.4 Å². The molecule has 2 atom stereocenters. The van der Waals surface area contributed by atoms with Gasteiger partial charge in [-0.3, -0.25) is 19.4 Å². The van der Waals surface area contributed by atoms with E-state index in [0.29, 0.717) is 44.5 Å². The molecule has 35 heavy (non-hydrogen) atoms. The molecule has 1 aromatic rings. The van der Waals surface area contributed by atoms with Gasteiger partial charge in [-0.2, -0.15) is 13.2 Å². The molecule has 9 nitrogen and oxygen atoms in total. The predicted octanol–water partition coefficient (Wildman–Crippen LogP) is 2.18. The van der Waals surface area contributed by atoms with E-state index in [0.717, 1.165) is 25.9 Å². The van der Waals surface area contributed by atoms with Crippen LogP contribution < -0.4 is 0 Å². The Morgan fingerprint density at radius 2 is 1.66 bits per heavy atom. The highest BCUT2D eigenvalue weighted by molar-refractivity contribution is 5.94. The van der Waals surface area contributed by atoms with Crippen LogP contribution in [0.1, 0.15) is 49.4 Å². The van der Waals surface area contributed by atoms with Crippen LogP contribution in [0.2, 0.25) is 0 Å². The minimum Gasteiger partial charge on any atom is -0.475 e. The first-order chi connectivity index (χ1) is 16.5. The summed E-state index contributed by atoms with van der Waals surface area (Å²) in [5.74, 6) is -2.60. The van der Waals surface area contributed by atoms with Gasteiger partial charge >= 0.3 is 12.1 Å². The van der Waals surface area contributed by atoms with Gasteiger partial charge in [0, 0.05) is 58.1 Å². The molecule has 0 saturated carbocycles. The second kappa shape index (κ2) is 10.6. The standard InChI is InChI=1S/C21H28N4O3.C2HF3O2/c1-16(26)25-14-8-21(20(28)24-10-2-3-11-24)7-13-23(12-6-18(21)25)19(27)17-5-4-9-22-15-17;3-2(4,5)1(6)7/h4-5,9,15,18H,2-3,6-8,10-14H2,1H3;(H,6,7)/t18-,21+;/m1./s1. The Labute approximate surface area is 200 Å². The quantitative estimate of drug-likeness (QED) is 0.669. The van der Waals surface area contributed by atoms with E-state index in [-0.39, 0.29) is 23.8 Å². The monoisotopic (exact) mass is 498 g/mol. The van der Waals surface area contributed by atoms with E-state index in [2.05, 4.69) is 4.98 Å². The lowest BCUT2D eigenvalue weighted by atomic mass is 9.75. The van der Waals surface area contributed by atoms with Gasteiger partial charge in [0.15, 0.2) is 0 Å². The lowest BCUT2D eigenvalue weighted by molar-refractivity contribution is -0.192. The Hall–Kier alpha value is -3.18. The molecule has 4 rings (SSSR count). The molecule has 12 heteroatoms. The van der Waals surface area contributed by atoms with Gasteiger partial charge in [-0.05, 0) is 44.2 Å². The number of aliphatic carboxylic acids is 1. The first-order valence-corrected chi connectivity index (χ1v) is 11.5. The first-order valence-electron chi connectivity index (χ1n) is 11.5. The number of amides is 3. The van der Waals surface area contributed by atoms with Crippen LogP contribution in [0, 0.1) is 5.41 Å². The van der Waals surface area contributed by atoms with Crippen molar-refractivity contribution in [1.82, 2.24) is 19.7 Å². The second-order valence-electron chi connectivity index (χ2n) is 9.01. The third-order valence-corrected chi connectivity index (χ3v) is 6.98. The predicted molar refractivity (Wildman–Crippen MR) is 117 cm³/mol. The van der Waals surface area contributed by atoms with E-state index in [1.165, 1.54) is 0 Å². The fraction of sp³-hybridized carbons (Fsp3) is 0.609. The summed E-state index contributed by atoms with van der Waals surface area (Å²) in [5.41, 5.74) is 0.0119. The summed E-state index contributed by atoms with van der Waals surface area (Å²) < 4.78 is 31.7. The van der Waals surface area contributed by atoms with E-state index in [1.54, 1.807) is 31.5 Å². The lowest BCUT2D eigenvalue weighted by Gasteiger charge is -2.37. The van der Waals surface area contributed by atoms with Crippen LogP contribution in [0.4, 0.5) is 13.2 Å². The minimum absolute atomic E-state index is 0.0214. The number of likely N-dealkylation sites (tertiary alicyclic amines) is 3. The summed E-state index contributed by atoms with van der Waals surface area (Å²) in [6.07, 6.45) is 2.21. The molecule has 0 unspecified atom stereocenters. The average Bonchev–Trinajstić information content (AvgIpc) is 3.44. The van der Waals surface area contributed by atoms with Crippen LogP contribution >= 0.6 is 0 Å². The first kappa shape index (κ1) is 26.4. The van der Waals surface area contributed by atoms with Crippen LogP contribution in [0.5, 0.6) is 0 Å². The number of hydrogen-bond acceptors (Lipinski definition) is 5. The number of aromatic nitrogens is 1. The number of carbonyl (C=O) groups is 4. The van der Waals surface area contributed by atoms with Crippen molar-refractivity contribution in [1.29, 1.82) is 0 Å². The largest absolute Gasteiger partial charge is 0.490 e. The summed E-state index contributed by atoms with van der Waals surface area (Å²) in [7, 11) is 0. The van der Waals surface area contributed by atoms with Crippen molar-refractivity contribution >= 4 is 23.7 Å². The maximum Gasteiger partial charge on any atom is 0.490 e. The zero-order valence-corrected chi connectivity index (χ0v) is 19.5. The van der Waals surface area contributed by atoms with Gasteiger partial charge in [-0.15, -0.1) is 0 Å². The zero-order chi connectivity index (χ0) is 25.8. The van der Waals surface area contributed by atoms with Crippen molar-refractivity contribution in [2.75, 3.05) is 32.7 Å². The van der Waals surface area contributed by atoms with Gasteiger partial charge in [-0.1, -0.05) is 0 Å². The molecule has 3 aliphatic rings. The number of carboxylic acids is 1. The van der Waals surface area contributed by atoms with Gasteiger partial charge in [0.2, 0.25) is 11.8 Å². The summed E-state index contributed by atoms with van der Waals surface area (Å²) in [6, 6.07) is 3.41. The molecule has 1 N–H and O–H groups in total. The van der Waals surface area contributed by atoms with Gasteiger partial charge in [0.05, 0.1) is 11.0 Å². The SMILES string of the molecule is CC(=O)N1CC[C@@]2(C(=O)N3CCCC3)CCN(C(=O)c3cccnc3)CC[C@@H]12.O=C(O)C(F)(F)F. The Balaban J connectivity index is 0.000000429. The van der Waals surface area contributed by atoms with Gasteiger partial charge in [-0.25, -0.2) is 4.79 Å². The van der Waals surface area contributed by atoms with Gasteiger partial charge in [0.1, 0.15) is 0 Å². The summed E-state index contributed by atoms with van der Waals surface area (Å²) in [5, 5.41) is 7.12. The minimum atomic E-state index is -5.08.